The number of amidine groups is 1. The van der Waals surface area contributed by atoms with Crippen LogP contribution in [-0.4, -0.2) is 42.0 Å². The van der Waals surface area contributed by atoms with Crippen molar-refractivity contribution in [3.8, 4) is 6.07 Å². The minimum atomic E-state index is 0.117. The van der Waals surface area contributed by atoms with Crippen molar-refractivity contribution >= 4 is 17.5 Å². The van der Waals surface area contributed by atoms with Gasteiger partial charge in [-0.15, -0.1) is 0 Å². The summed E-state index contributed by atoms with van der Waals surface area (Å²) >= 11 is 0. The van der Waals surface area contributed by atoms with E-state index in [0.29, 0.717) is 11.6 Å². The molecule has 0 radical (unpaired) electrons. The molecular formula is C20H24N6. The van der Waals surface area contributed by atoms with E-state index in [1.54, 1.807) is 25.5 Å². The number of aromatic nitrogens is 2. The predicted molar refractivity (Wildman–Crippen MR) is 104 cm³/mol. The zero-order chi connectivity index (χ0) is 18.3. The Labute approximate surface area is 154 Å². The molecular weight excluding hydrogens is 324 g/mol. The molecule has 3 heterocycles. The minimum absolute atomic E-state index is 0.117. The molecule has 1 unspecified atom stereocenters. The van der Waals surface area contributed by atoms with E-state index in [0.717, 1.165) is 43.4 Å². The van der Waals surface area contributed by atoms with E-state index in [4.69, 9.17) is 0 Å². The molecule has 1 spiro atoms. The van der Waals surface area contributed by atoms with Gasteiger partial charge < -0.3 is 9.80 Å². The van der Waals surface area contributed by atoms with Gasteiger partial charge in [0.2, 0.25) is 0 Å². The summed E-state index contributed by atoms with van der Waals surface area (Å²) in [4.78, 5) is 18.3. The maximum Gasteiger partial charge on any atom is 0.143 e. The first-order valence-corrected chi connectivity index (χ1v) is 9.24. The molecule has 3 aliphatic rings. The summed E-state index contributed by atoms with van der Waals surface area (Å²) in [5.74, 6) is 2.80. The maximum atomic E-state index is 9.26. The largest absolute Gasteiger partial charge is 0.353 e. The van der Waals surface area contributed by atoms with Crippen molar-refractivity contribution in [2.75, 3.05) is 29.9 Å². The minimum Gasteiger partial charge on any atom is -0.353 e. The Kier molecular flexibility index (Phi) is 4.03. The van der Waals surface area contributed by atoms with Crippen LogP contribution >= 0.6 is 0 Å². The lowest BCUT2D eigenvalue weighted by Gasteiger charge is -2.44. The van der Waals surface area contributed by atoms with Crippen LogP contribution in [0.4, 0.5) is 11.6 Å². The lowest BCUT2D eigenvalue weighted by Crippen LogP contribution is -2.48. The first kappa shape index (κ1) is 16.8. The van der Waals surface area contributed by atoms with E-state index in [9.17, 15) is 5.26 Å². The van der Waals surface area contributed by atoms with Gasteiger partial charge in [0.25, 0.3) is 0 Å². The van der Waals surface area contributed by atoms with Crippen LogP contribution in [0.2, 0.25) is 0 Å². The Morgan fingerprint density at radius 3 is 2.69 bits per heavy atom. The van der Waals surface area contributed by atoms with Crippen LogP contribution in [0.3, 0.4) is 0 Å². The average Bonchev–Trinajstić information content (AvgIpc) is 2.98. The summed E-state index contributed by atoms with van der Waals surface area (Å²) in [5.41, 5.74) is 1.91. The van der Waals surface area contributed by atoms with Crippen molar-refractivity contribution in [2.24, 2.45) is 4.99 Å². The van der Waals surface area contributed by atoms with Crippen molar-refractivity contribution in [1.82, 2.24) is 9.97 Å². The zero-order valence-corrected chi connectivity index (χ0v) is 15.4. The molecule has 0 N–H and O–H groups in total. The molecule has 26 heavy (non-hydrogen) atoms. The summed E-state index contributed by atoms with van der Waals surface area (Å²) in [6, 6.07) is 2.69. The molecule has 1 saturated carbocycles. The number of nitrogens with zero attached hydrogens (tertiary/aromatic N) is 6. The molecule has 1 aromatic rings. The molecule has 4 rings (SSSR count). The number of hydrogen-bond acceptors (Lipinski definition) is 5. The van der Waals surface area contributed by atoms with E-state index >= 15 is 0 Å². The summed E-state index contributed by atoms with van der Waals surface area (Å²) in [7, 11) is 1.76. The van der Waals surface area contributed by atoms with Crippen LogP contribution in [0.25, 0.3) is 0 Å². The molecule has 1 atom stereocenters. The average molecular weight is 348 g/mol. The van der Waals surface area contributed by atoms with Crippen molar-refractivity contribution in [3.05, 3.63) is 36.2 Å². The molecule has 0 aromatic carbocycles. The summed E-state index contributed by atoms with van der Waals surface area (Å²) in [5, 5.41) is 9.26. The van der Waals surface area contributed by atoms with Gasteiger partial charge in [-0.1, -0.05) is 19.1 Å². The second-order valence-corrected chi connectivity index (χ2v) is 7.44. The Morgan fingerprint density at radius 2 is 2.19 bits per heavy atom. The molecule has 0 bridgehead atoms. The Hall–Kier alpha value is -2.68. The molecule has 2 fully saturated rings. The van der Waals surface area contributed by atoms with Gasteiger partial charge in [0, 0.05) is 37.2 Å². The number of nitriles is 1. The SMILES string of the molecule is C=C/C(C#N)=C\C(=NC)N1CC2(CCC2)c2c1ncnc2N1CCC1C. The fraction of sp³-hybridized carbons (Fsp3) is 0.500. The van der Waals surface area contributed by atoms with Gasteiger partial charge in [-0.3, -0.25) is 4.99 Å². The summed E-state index contributed by atoms with van der Waals surface area (Å²) in [6.45, 7) is 7.88. The van der Waals surface area contributed by atoms with Crippen LogP contribution in [0, 0.1) is 11.3 Å². The zero-order valence-electron chi connectivity index (χ0n) is 15.4. The standard InChI is InChI=1S/C20H24N6/c1-4-15(11-21)10-16(22-3)26-12-20(7-5-8-20)17-18(23-13-24-19(17)26)25-9-6-14(25)2/h4,10,13-14H,1,5-9,12H2,2-3H3/b15-10+,22-16?. The number of allylic oxidation sites excluding steroid dienone is 2. The van der Waals surface area contributed by atoms with E-state index in [-0.39, 0.29) is 5.41 Å². The molecule has 6 heteroatoms. The van der Waals surface area contributed by atoms with Crippen LogP contribution in [0.15, 0.2) is 35.6 Å². The summed E-state index contributed by atoms with van der Waals surface area (Å²) in [6.07, 6.45) is 9.79. The number of anilines is 2. The van der Waals surface area contributed by atoms with Crippen LogP contribution in [0.1, 0.15) is 38.2 Å². The predicted octanol–water partition coefficient (Wildman–Crippen LogP) is 2.98. The fourth-order valence-electron chi connectivity index (χ4n) is 4.29. The normalized spacial score (nSPS) is 24.0. The van der Waals surface area contributed by atoms with Gasteiger partial charge in [-0.05, 0) is 32.3 Å². The molecule has 134 valence electrons. The van der Waals surface area contributed by atoms with Crippen molar-refractivity contribution in [1.29, 1.82) is 5.26 Å². The first-order valence-electron chi connectivity index (χ1n) is 9.24. The molecule has 0 amide bonds. The number of aliphatic imine (C=N–C) groups is 1. The third-order valence-corrected chi connectivity index (χ3v) is 6.10. The van der Waals surface area contributed by atoms with Gasteiger partial charge in [0.15, 0.2) is 0 Å². The Bertz CT molecular complexity index is 842. The molecule has 2 aliphatic heterocycles. The van der Waals surface area contributed by atoms with Crippen molar-refractivity contribution < 1.29 is 0 Å². The fourth-order valence-corrected chi connectivity index (χ4v) is 4.29. The number of rotatable bonds is 3. The lowest BCUT2D eigenvalue weighted by atomic mass is 9.66. The second-order valence-electron chi connectivity index (χ2n) is 7.44. The summed E-state index contributed by atoms with van der Waals surface area (Å²) < 4.78 is 0. The van der Waals surface area contributed by atoms with Gasteiger partial charge >= 0.3 is 0 Å². The second kappa shape index (κ2) is 6.24. The highest BCUT2D eigenvalue weighted by molar-refractivity contribution is 6.08. The maximum absolute atomic E-state index is 9.26. The van der Waals surface area contributed by atoms with Gasteiger partial charge in [-0.2, -0.15) is 5.26 Å². The van der Waals surface area contributed by atoms with Gasteiger partial charge in [-0.25, -0.2) is 9.97 Å². The van der Waals surface area contributed by atoms with E-state index in [1.807, 2.05) is 0 Å². The third kappa shape index (κ3) is 2.34. The highest BCUT2D eigenvalue weighted by atomic mass is 15.3. The van der Waals surface area contributed by atoms with E-state index < -0.39 is 0 Å². The monoisotopic (exact) mass is 348 g/mol. The highest BCUT2D eigenvalue weighted by Crippen LogP contribution is 2.55. The molecule has 1 saturated heterocycles. The van der Waals surface area contributed by atoms with Crippen molar-refractivity contribution in [3.63, 3.8) is 0 Å². The number of hydrogen-bond donors (Lipinski definition) is 0. The van der Waals surface area contributed by atoms with Gasteiger partial charge in [0.1, 0.15) is 23.8 Å². The number of fused-ring (bicyclic) bond motifs is 2. The van der Waals surface area contributed by atoms with E-state index in [1.165, 1.54) is 18.4 Å². The van der Waals surface area contributed by atoms with E-state index in [2.05, 4.69) is 44.3 Å². The molecule has 6 nitrogen and oxygen atoms in total. The van der Waals surface area contributed by atoms with Crippen LogP contribution in [-0.2, 0) is 5.41 Å². The first-order chi connectivity index (χ1) is 12.6. The molecule has 1 aromatic heterocycles. The smallest absolute Gasteiger partial charge is 0.143 e. The van der Waals surface area contributed by atoms with Crippen LogP contribution in [0.5, 0.6) is 0 Å². The highest BCUT2D eigenvalue weighted by Gasteiger charge is 2.51. The third-order valence-electron chi connectivity index (χ3n) is 6.10. The topological polar surface area (TPSA) is 68.4 Å². The molecule has 1 aliphatic carbocycles. The van der Waals surface area contributed by atoms with Crippen molar-refractivity contribution in [2.45, 2.75) is 44.1 Å². The quantitative estimate of drug-likeness (QED) is 0.363. The van der Waals surface area contributed by atoms with Gasteiger partial charge in [0.05, 0.1) is 11.6 Å². The lowest BCUT2D eigenvalue weighted by molar-refractivity contribution is 0.266. The Morgan fingerprint density at radius 1 is 1.42 bits per heavy atom. The van der Waals surface area contributed by atoms with Crippen LogP contribution < -0.4 is 9.80 Å². The Balaban J connectivity index is 1.81.